The summed E-state index contributed by atoms with van der Waals surface area (Å²) in [6.07, 6.45) is 0. The van der Waals surface area contributed by atoms with Gasteiger partial charge in [0, 0.05) is 38.5 Å². The van der Waals surface area contributed by atoms with E-state index < -0.39 is 24.2 Å². The Bertz CT molecular complexity index is 3300. The van der Waals surface area contributed by atoms with Crippen LogP contribution < -0.4 is 4.90 Å². The standard InChI is InChI=1S/C46H29NO2/c1-2-12-30(13-3-1)32-15-8-17-34(28-32)47(41-23-11-25-43-44(41)40-27-26-31-14-4-5-19-36(31)46(40)49-43)35-18-9-16-33(29-35)37-21-10-22-39-38-20-6-7-24-42(38)48-45(37)39/h1-29H/i8D,9D,15D,16D,17D,18D,28D,29D. The molecule has 10 aromatic rings. The summed E-state index contributed by atoms with van der Waals surface area (Å²) in [6.45, 7) is 0. The molecule has 8 aromatic carbocycles. The lowest BCUT2D eigenvalue weighted by molar-refractivity contribution is 0.670. The second kappa shape index (κ2) is 11.0. The smallest absolute Gasteiger partial charge is 0.143 e. The summed E-state index contributed by atoms with van der Waals surface area (Å²) in [5.74, 6) is 0. The maximum Gasteiger partial charge on any atom is 0.143 e. The minimum absolute atomic E-state index is 0.0282. The molecule has 0 amide bonds. The van der Waals surface area contributed by atoms with Crippen molar-refractivity contribution in [2.75, 3.05) is 4.90 Å². The van der Waals surface area contributed by atoms with Gasteiger partial charge in [0.15, 0.2) is 0 Å². The van der Waals surface area contributed by atoms with Crippen LogP contribution in [0.25, 0.3) is 76.9 Å². The van der Waals surface area contributed by atoms with E-state index in [1.54, 1.807) is 60.7 Å². The van der Waals surface area contributed by atoms with Crippen molar-refractivity contribution >= 4 is 71.7 Å². The van der Waals surface area contributed by atoms with Crippen LogP contribution in [0.4, 0.5) is 17.1 Å². The molecule has 3 heteroatoms. The first kappa shape index (κ1) is 20.6. The minimum atomic E-state index is -0.484. The molecule has 0 saturated heterocycles. The monoisotopic (exact) mass is 635 g/mol. The molecule has 49 heavy (non-hydrogen) atoms. The van der Waals surface area contributed by atoms with Crippen molar-refractivity contribution in [2.45, 2.75) is 0 Å². The Morgan fingerprint density at radius 2 is 1.12 bits per heavy atom. The molecule has 3 nitrogen and oxygen atoms in total. The van der Waals surface area contributed by atoms with E-state index in [9.17, 15) is 8.22 Å². The zero-order chi connectivity index (χ0) is 39.3. The van der Waals surface area contributed by atoms with Gasteiger partial charge in [-0.3, -0.25) is 0 Å². The first-order valence-corrected chi connectivity index (χ1v) is 16.0. The molecule has 0 radical (unpaired) electrons. The number of nitrogens with zero attached hydrogens (tertiary/aromatic N) is 1. The molecule has 0 unspecified atom stereocenters. The zero-order valence-electron chi connectivity index (χ0n) is 33.9. The van der Waals surface area contributed by atoms with E-state index in [4.69, 9.17) is 11.6 Å². The second-order valence-corrected chi connectivity index (χ2v) is 11.8. The fraction of sp³-hybridized carbons (Fsp3) is 0. The summed E-state index contributed by atoms with van der Waals surface area (Å²) in [6, 6.07) is 35.6. The van der Waals surface area contributed by atoms with Crippen LogP contribution in [0.1, 0.15) is 11.0 Å². The molecule has 0 spiro atoms. The average Bonchev–Trinajstić information content (AvgIpc) is 3.82. The molecule has 0 aliphatic rings. The van der Waals surface area contributed by atoms with Crippen LogP contribution >= 0.6 is 0 Å². The second-order valence-electron chi connectivity index (χ2n) is 11.8. The lowest BCUT2D eigenvalue weighted by Gasteiger charge is -2.27. The number of hydrogen-bond donors (Lipinski definition) is 0. The average molecular weight is 636 g/mol. The Morgan fingerprint density at radius 1 is 0.449 bits per heavy atom. The zero-order valence-corrected chi connectivity index (χ0v) is 25.9. The topological polar surface area (TPSA) is 29.5 Å². The summed E-state index contributed by atoms with van der Waals surface area (Å²) in [4.78, 5) is 1.42. The quantitative estimate of drug-likeness (QED) is 0.188. The maximum atomic E-state index is 9.96. The highest BCUT2D eigenvalue weighted by atomic mass is 16.3. The molecular weight excluding hydrogens is 599 g/mol. The molecule has 0 atom stereocenters. The first-order valence-electron chi connectivity index (χ1n) is 20.0. The highest BCUT2D eigenvalue weighted by Gasteiger charge is 2.22. The molecule has 0 N–H and O–H groups in total. The van der Waals surface area contributed by atoms with Crippen molar-refractivity contribution in [1.82, 2.24) is 0 Å². The van der Waals surface area contributed by atoms with Gasteiger partial charge in [0.25, 0.3) is 0 Å². The Labute approximate surface area is 294 Å². The Kier molecular flexibility index (Phi) is 4.63. The molecule has 0 aliphatic carbocycles. The Hall–Kier alpha value is -6.58. The third kappa shape index (κ3) is 4.44. The molecule has 0 aliphatic heterocycles. The van der Waals surface area contributed by atoms with Crippen molar-refractivity contribution in [3.8, 4) is 22.3 Å². The van der Waals surface area contributed by atoms with E-state index in [-0.39, 0.29) is 46.7 Å². The van der Waals surface area contributed by atoms with Crippen molar-refractivity contribution in [3.05, 3.63) is 176 Å². The van der Waals surface area contributed by atoms with Crippen LogP contribution in [0.15, 0.2) is 185 Å². The lowest BCUT2D eigenvalue weighted by atomic mass is 10.00. The van der Waals surface area contributed by atoms with Gasteiger partial charge in [0.1, 0.15) is 22.3 Å². The van der Waals surface area contributed by atoms with Crippen molar-refractivity contribution < 1.29 is 19.8 Å². The van der Waals surface area contributed by atoms with Gasteiger partial charge in [0.2, 0.25) is 0 Å². The SMILES string of the molecule is [2H]c1c([2H])c(-c2ccccc2)c([2H])c(N(c2c([2H])c([2H])c([2H])c(-c3cccc4c3oc3ccccc34)c2[2H])c2cccc3oc4c5ccccc5ccc4c23)c1[2H]. The first-order chi connectivity index (χ1) is 27.7. The van der Waals surface area contributed by atoms with Crippen LogP contribution in [-0.4, -0.2) is 0 Å². The van der Waals surface area contributed by atoms with Crippen LogP contribution in [0.5, 0.6) is 0 Å². The fourth-order valence-corrected chi connectivity index (χ4v) is 6.79. The maximum absolute atomic E-state index is 9.96. The molecule has 10 rings (SSSR count). The lowest BCUT2D eigenvalue weighted by Crippen LogP contribution is -2.10. The van der Waals surface area contributed by atoms with E-state index in [0.29, 0.717) is 49.9 Å². The van der Waals surface area contributed by atoms with Crippen LogP contribution in [0.3, 0.4) is 0 Å². The van der Waals surface area contributed by atoms with Gasteiger partial charge < -0.3 is 13.7 Å². The van der Waals surface area contributed by atoms with Gasteiger partial charge in [-0.25, -0.2) is 0 Å². The summed E-state index contributed by atoms with van der Waals surface area (Å²) < 4.78 is 88.0. The highest BCUT2D eigenvalue weighted by molar-refractivity contribution is 6.19. The molecular formula is C46H29NO2. The third-order valence-corrected chi connectivity index (χ3v) is 9.01. The summed E-state index contributed by atoms with van der Waals surface area (Å²) in [7, 11) is 0. The number of rotatable bonds is 5. The van der Waals surface area contributed by atoms with Crippen LogP contribution in [0, 0.1) is 0 Å². The predicted octanol–water partition coefficient (Wildman–Crippen LogP) is 13.4. The number of benzene rings is 8. The summed E-state index contributed by atoms with van der Waals surface area (Å²) in [5, 5.41) is 4.66. The molecule has 0 fully saturated rings. The van der Waals surface area contributed by atoms with Gasteiger partial charge in [-0.15, -0.1) is 0 Å². The van der Waals surface area contributed by atoms with Crippen molar-refractivity contribution in [2.24, 2.45) is 0 Å². The third-order valence-electron chi connectivity index (χ3n) is 9.01. The van der Waals surface area contributed by atoms with E-state index in [1.165, 1.54) is 4.90 Å². The van der Waals surface area contributed by atoms with Crippen LogP contribution in [0.2, 0.25) is 0 Å². The number of hydrogen-bond acceptors (Lipinski definition) is 3. The van der Waals surface area contributed by atoms with E-state index >= 15 is 0 Å². The van der Waals surface area contributed by atoms with E-state index in [2.05, 4.69) is 0 Å². The minimum Gasteiger partial charge on any atom is -0.455 e. The molecule has 2 aromatic heterocycles. The molecule has 230 valence electrons. The van der Waals surface area contributed by atoms with E-state index in [1.807, 2.05) is 66.7 Å². The fourth-order valence-electron chi connectivity index (χ4n) is 6.79. The van der Waals surface area contributed by atoms with Gasteiger partial charge in [-0.1, -0.05) is 127 Å². The molecule has 0 saturated carbocycles. The highest BCUT2D eigenvalue weighted by Crippen LogP contribution is 2.46. The largest absolute Gasteiger partial charge is 0.455 e. The predicted molar refractivity (Wildman–Crippen MR) is 204 cm³/mol. The Morgan fingerprint density at radius 3 is 2.00 bits per heavy atom. The van der Waals surface area contributed by atoms with E-state index in [0.717, 1.165) is 21.5 Å². The summed E-state index contributed by atoms with van der Waals surface area (Å²) in [5.41, 5.74) is 3.04. The van der Waals surface area contributed by atoms with Crippen molar-refractivity contribution in [1.29, 1.82) is 0 Å². The number of fused-ring (bicyclic) bond motifs is 8. The summed E-state index contributed by atoms with van der Waals surface area (Å²) >= 11 is 0. The number of furan rings is 2. The molecule has 0 bridgehead atoms. The molecule has 2 heterocycles. The van der Waals surface area contributed by atoms with Gasteiger partial charge in [-0.2, -0.15) is 0 Å². The van der Waals surface area contributed by atoms with Crippen LogP contribution in [-0.2, 0) is 0 Å². The van der Waals surface area contributed by atoms with Gasteiger partial charge in [-0.05, 0) is 70.5 Å². The Balaban J connectivity index is 1.37. The number of anilines is 3. The van der Waals surface area contributed by atoms with Gasteiger partial charge >= 0.3 is 0 Å². The van der Waals surface area contributed by atoms with Crippen molar-refractivity contribution in [3.63, 3.8) is 0 Å². The normalized spacial score (nSPS) is 14.0. The van der Waals surface area contributed by atoms with Gasteiger partial charge in [0.05, 0.1) is 22.0 Å². The number of para-hydroxylation sites is 2.